The Morgan fingerprint density at radius 2 is 1.58 bits per heavy atom. The van der Waals surface area contributed by atoms with Gasteiger partial charge >= 0.3 is 16.4 Å². The van der Waals surface area contributed by atoms with E-state index in [4.69, 9.17) is 0 Å². The van der Waals surface area contributed by atoms with Crippen LogP contribution in [0.1, 0.15) is 0 Å². The molecule has 0 aliphatic heterocycles. The summed E-state index contributed by atoms with van der Waals surface area (Å²) < 4.78 is 93.5. The number of benzene rings is 1. The molecule has 0 saturated carbocycles. The van der Waals surface area contributed by atoms with E-state index in [1.54, 1.807) is 0 Å². The third-order valence-corrected chi connectivity index (χ3v) is 4.08. The first kappa shape index (κ1) is 15.9. The molecule has 0 radical (unpaired) electrons. The Kier molecular flexibility index (Phi) is 4.22. The summed E-state index contributed by atoms with van der Waals surface area (Å²) in [7, 11) is -9.72. The molecule has 0 heterocycles. The highest BCUT2D eigenvalue weighted by Gasteiger charge is 2.30. The molecular formula is C8H7F4NO4S2. The topological polar surface area (TPSA) is 80.3 Å². The first-order valence-corrected chi connectivity index (χ1v) is 7.40. The summed E-state index contributed by atoms with van der Waals surface area (Å²) in [4.78, 5) is -1.74. The van der Waals surface area contributed by atoms with Gasteiger partial charge in [-0.15, -0.1) is 3.89 Å². The summed E-state index contributed by atoms with van der Waals surface area (Å²) in [6.07, 6.45) is -4.77. The lowest BCUT2D eigenvalue weighted by molar-refractivity contribution is -0.121. The Labute approximate surface area is 106 Å². The maximum absolute atomic E-state index is 12.6. The molecular weight excluding hydrogens is 314 g/mol. The van der Waals surface area contributed by atoms with E-state index in [1.807, 2.05) is 0 Å². The largest absolute Gasteiger partial charge is 0.402 e. The number of sulfonamides is 1. The van der Waals surface area contributed by atoms with Crippen molar-refractivity contribution < 1.29 is 33.9 Å². The highest BCUT2D eigenvalue weighted by Crippen LogP contribution is 2.19. The van der Waals surface area contributed by atoms with Crippen LogP contribution < -0.4 is 4.72 Å². The molecule has 19 heavy (non-hydrogen) atoms. The van der Waals surface area contributed by atoms with Crippen LogP contribution in [0.3, 0.4) is 0 Å². The van der Waals surface area contributed by atoms with Crippen LogP contribution in [0.15, 0.2) is 34.1 Å². The fourth-order valence-corrected chi connectivity index (χ4v) is 2.70. The van der Waals surface area contributed by atoms with Gasteiger partial charge in [0, 0.05) is 0 Å². The van der Waals surface area contributed by atoms with Crippen molar-refractivity contribution in [3.63, 3.8) is 0 Å². The second-order valence-electron chi connectivity index (χ2n) is 3.35. The quantitative estimate of drug-likeness (QED) is 0.667. The van der Waals surface area contributed by atoms with Gasteiger partial charge in [-0.25, -0.2) is 13.1 Å². The van der Waals surface area contributed by atoms with Gasteiger partial charge in [0.05, 0.1) is 9.79 Å². The molecule has 108 valence electrons. The van der Waals surface area contributed by atoms with Crippen LogP contribution in [-0.4, -0.2) is 29.6 Å². The molecule has 0 amide bonds. The molecule has 1 N–H and O–H groups in total. The highest BCUT2D eigenvalue weighted by atomic mass is 32.3. The molecule has 0 aliphatic rings. The van der Waals surface area contributed by atoms with Crippen molar-refractivity contribution in [3.05, 3.63) is 24.3 Å². The van der Waals surface area contributed by atoms with Crippen LogP contribution in [0.5, 0.6) is 0 Å². The normalized spacial score (nSPS) is 13.5. The monoisotopic (exact) mass is 321 g/mol. The minimum absolute atomic E-state index is 0.425. The average Bonchev–Trinajstić information content (AvgIpc) is 2.25. The van der Waals surface area contributed by atoms with Crippen LogP contribution in [0.25, 0.3) is 0 Å². The summed E-state index contributed by atoms with van der Waals surface area (Å²) in [5.74, 6) is 0. The number of hydrogen-bond donors (Lipinski definition) is 1. The first-order valence-electron chi connectivity index (χ1n) is 4.53. The molecule has 0 atom stereocenters. The lowest BCUT2D eigenvalue weighted by atomic mass is 10.4. The Bertz CT molecular complexity index is 666. The van der Waals surface area contributed by atoms with E-state index in [1.165, 1.54) is 4.72 Å². The lowest BCUT2D eigenvalue weighted by Gasteiger charge is -2.09. The van der Waals surface area contributed by atoms with Crippen LogP contribution in [0, 0.1) is 0 Å². The minimum atomic E-state index is -5.14. The van der Waals surface area contributed by atoms with Crippen LogP contribution in [0.2, 0.25) is 0 Å². The van der Waals surface area contributed by atoms with Gasteiger partial charge in [0.2, 0.25) is 10.0 Å². The number of nitrogens with one attached hydrogen (secondary N) is 1. The second-order valence-corrected chi connectivity index (χ2v) is 6.47. The maximum Gasteiger partial charge on any atom is 0.402 e. The van der Waals surface area contributed by atoms with Crippen LogP contribution in [0.4, 0.5) is 17.1 Å². The summed E-state index contributed by atoms with van der Waals surface area (Å²) in [6.45, 7) is -1.82. The summed E-state index contributed by atoms with van der Waals surface area (Å²) in [6, 6.07) is 2.94. The fourth-order valence-electron chi connectivity index (χ4n) is 1.05. The van der Waals surface area contributed by atoms with E-state index in [0.29, 0.717) is 6.07 Å². The fraction of sp³-hybridized carbons (Fsp3) is 0.250. The highest BCUT2D eigenvalue weighted by molar-refractivity contribution is 7.89. The number of rotatable bonds is 4. The molecule has 0 spiro atoms. The maximum atomic E-state index is 12.6. The molecule has 0 bridgehead atoms. The predicted octanol–water partition coefficient (Wildman–Crippen LogP) is 1.19. The molecule has 1 aromatic rings. The van der Waals surface area contributed by atoms with E-state index >= 15 is 0 Å². The summed E-state index contributed by atoms with van der Waals surface area (Å²) in [5, 5.41) is 0. The van der Waals surface area contributed by atoms with Crippen molar-refractivity contribution in [2.24, 2.45) is 0 Å². The Hall–Kier alpha value is -1.20. The number of hydrogen-bond acceptors (Lipinski definition) is 4. The summed E-state index contributed by atoms with van der Waals surface area (Å²) >= 11 is 0. The molecule has 1 rings (SSSR count). The van der Waals surface area contributed by atoms with Crippen molar-refractivity contribution in [2.75, 3.05) is 6.54 Å². The molecule has 0 saturated heterocycles. The summed E-state index contributed by atoms with van der Waals surface area (Å²) in [5.41, 5.74) is 0. The molecule has 0 unspecified atom stereocenters. The zero-order chi connectivity index (χ0) is 14.9. The Morgan fingerprint density at radius 1 is 1.05 bits per heavy atom. The third-order valence-electron chi connectivity index (χ3n) is 1.86. The second kappa shape index (κ2) is 5.06. The molecule has 0 aromatic heterocycles. The van der Waals surface area contributed by atoms with E-state index < -0.39 is 42.8 Å². The number of alkyl halides is 3. The van der Waals surface area contributed by atoms with Crippen molar-refractivity contribution in [3.8, 4) is 0 Å². The zero-order valence-electron chi connectivity index (χ0n) is 8.98. The van der Waals surface area contributed by atoms with Crippen LogP contribution >= 0.6 is 0 Å². The van der Waals surface area contributed by atoms with Crippen molar-refractivity contribution >= 4 is 20.2 Å². The SMILES string of the molecule is O=S(=O)(F)c1cccc(S(=O)(=O)NCC(F)(F)F)c1. The predicted molar refractivity (Wildman–Crippen MR) is 56.0 cm³/mol. The van der Waals surface area contributed by atoms with Crippen molar-refractivity contribution in [1.82, 2.24) is 4.72 Å². The van der Waals surface area contributed by atoms with Gasteiger partial charge in [0.15, 0.2) is 0 Å². The molecule has 0 fully saturated rings. The van der Waals surface area contributed by atoms with Gasteiger partial charge in [0.1, 0.15) is 6.54 Å². The Morgan fingerprint density at radius 3 is 2.05 bits per heavy atom. The smallest absolute Gasteiger partial charge is 0.207 e. The van der Waals surface area contributed by atoms with E-state index in [2.05, 4.69) is 0 Å². The standard InChI is InChI=1S/C8H7F4NO4S2/c9-8(10,11)5-13-19(16,17)7-3-1-2-6(4-7)18(12,14)15/h1-4,13H,5H2. The van der Waals surface area contributed by atoms with Gasteiger partial charge in [0.25, 0.3) is 0 Å². The lowest BCUT2D eigenvalue weighted by Crippen LogP contribution is -2.33. The zero-order valence-corrected chi connectivity index (χ0v) is 10.6. The molecule has 11 heteroatoms. The van der Waals surface area contributed by atoms with E-state index in [-0.39, 0.29) is 0 Å². The van der Waals surface area contributed by atoms with E-state index in [0.717, 1.165) is 18.2 Å². The van der Waals surface area contributed by atoms with Gasteiger partial charge in [-0.3, -0.25) is 0 Å². The van der Waals surface area contributed by atoms with Gasteiger partial charge in [-0.1, -0.05) is 6.07 Å². The van der Waals surface area contributed by atoms with Gasteiger partial charge < -0.3 is 0 Å². The molecule has 5 nitrogen and oxygen atoms in total. The average molecular weight is 321 g/mol. The van der Waals surface area contributed by atoms with Crippen molar-refractivity contribution in [2.45, 2.75) is 16.0 Å². The van der Waals surface area contributed by atoms with Crippen LogP contribution in [-0.2, 0) is 20.2 Å². The Balaban J connectivity index is 3.10. The minimum Gasteiger partial charge on any atom is -0.207 e. The van der Waals surface area contributed by atoms with E-state index in [9.17, 15) is 33.9 Å². The number of halogens is 4. The molecule has 0 aliphatic carbocycles. The molecule has 1 aromatic carbocycles. The third kappa shape index (κ3) is 4.76. The van der Waals surface area contributed by atoms with Gasteiger partial charge in [-0.2, -0.15) is 21.6 Å². The van der Waals surface area contributed by atoms with Gasteiger partial charge in [-0.05, 0) is 18.2 Å². The van der Waals surface area contributed by atoms with Crippen molar-refractivity contribution in [1.29, 1.82) is 0 Å². The first-order chi connectivity index (χ1) is 8.42.